The number of hydrogen-bond acceptors (Lipinski definition) is 2. The van der Waals surface area contributed by atoms with Crippen LogP contribution in [0.4, 0.5) is 0 Å². The highest BCUT2D eigenvalue weighted by Crippen LogP contribution is 2.29. The summed E-state index contributed by atoms with van der Waals surface area (Å²) in [5.74, 6) is 0. The molecular weight excluding hydrogens is 404 g/mol. The van der Waals surface area contributed by atoms with Crippen LogP contribution in [0.1, 0.15) is 23.6 Å². The summed E-state index contributed by atoms with van der Waals surface area (Å²) in [4.78, 5) is 0.380. The van der Waals surface area contributed by atoms with Gasteiger partial charge in [-0.05, 0) is 56.5 Å². The predicted octanol–water partition coefficient (Wildman–Crippen LogP) is 5.60. The lowest BCUT2D eigenvalue weighted by molar-refractivity contribution is 0.528. The van der Waals surface area contributed by atoms with E-state index < -0.39 is 10.0 Å². The van der Waals surface area contributed by atoms with Crippen LogP contribution in [0.25, 0.3) is 22.2 Å². The molecule has 0 saturated carbocycles. The molecule has 0 aliphatic rings. The summed E-state index contributed by atoms with van der Waals surface area (Å²) in [5, 5.41) is 1.14. The van der Waals surface area contributed by atoms with Gasteiger partial charge in [0.15, 0.2) is 0 Å². The minimum Gasteiger partial charge on any atom is -0.339 e. The third-order valence-corrected chi connectivity index (χ3v) is 7.46. The molecule has 0 fully saturated rings. The highest BCUT2D eigenvalue weighted by Gasteiger charge is 2.23. The van der Waals surface area contributed by atoms with E-state index in [-0.39, 0.29) is 6.04 Å². The zero-order valence-corrected chi connectivity index (χ0v) is 19.2. The monoisotopic (exact) mass is 432 g/mol. The van der Waals surface area contributed by atoms with E-state index in [0.29, 0.717) is 11.4 Å². The van der Waals surface area contributed by atoms with Gasteiger partial charge in [0.25, 0.3) is 0 Å². The summed E-state index contributed by atoms with van der Waals surface area (Å²) < 4.78 is 31.6. The van der Waals surface area contributed by atoms with Gasteiger partial charge in [0.05, 0.1) is 4.90 Å². The number of fused-ring (bicyclic) bond motifs is 1. The molecule has 160 valence electrons. The van der Waals surface area contributed by atoms with Crippen LogP contribution in [0.15, 0.2) is 77.7 Å². The van der Waals surface area contributed by atoms with E-state index in [4.69, 9.17) is 0 Å². The van der Waals surface area contributed by atoms with Crippen LogP contribution in [0.2, 0.25) is 0 Å². The van der Waals surface area contributed by atoms with E-state index in [1.807, 2.05) is 70.2 Å². The molecule has 0 saturated heterocycles. The second kappa shape index (κ2) is 8.33. The van der Waals surface area contributed by atoms with Gasteiger partial charge < -0.3 is 4.57 Å². The van der Waals surface area contributed by atoms with Gasteiger partial charge in [-0.1, -0.05) is 66.2 Å². The summed E-state index contributed by atoms with van der Waals surface area (Å²) in [6, 6.07) is 24.1. The first-order chi connectivity index (χ1) is 14.8. The van der Waals surface area contributed by atoms with Crippen molar-refractivity contribution in [1.82, 2.24) is 9.29 Å². The number of nitrogens with zero attached hydrogens (tertiary/aromatic N) is 1. The van der Waals surface area contributed by atoms with Crippen molar-refractivity contribution >= 4 is 20.9 Å². The Bertz CT molecular complexity index is 1320. The van der Waals surface area contributed by atoms with Gasteiger partial charge in [0.2, 0.25) is 10.0 Å². The summed E-state index contributed by atoms with van der Waals surface area (Å²) in [6.07, 6.45) is 0. The molecule has 5 heteroatoms. The second-order valence-electron chi connectivity index (χ2n) is 8.32. The average Bonchev–Trinajstić information content (AvgIpc) is 3.05. The lowest BCUT2D eigenvalue weighted by Crippen LogP contribution is -2.36. The van der Waals surface area contributed by atoms with Gasteiger partial charge in [-0.15, -0.1) is 0 Å². The van der Waals surface area contributed by atoms with Crippen LogP contribution >= 0.6 is 0 Å². The van der Waals surface area contributed by atoms with Crippen LogP contribution in [0.3, 0.4) is 0 Å². The van der Waals surface area contributed by atoms with Crippen molar-refractivity contribution in [2.75, 3.05) is 0 Å². The first kappa shape index (κ1) is 21.3. The van der Waals surface area contributed by atoms with Crippen LogP contribution in [-0.4, -0.2) is 19.0 Å². The van der Waals surface area contributed by atoms with E-state index in [1.54, 1.807) is 0 Å². The second-order valence-corrected chi connectivity index (χ2v) is 9.97. The molecule has 0 bridgehead atoms. The molecule has 1 atom stereocenters. The molecule has 1 aromatic heterocycles. The largest absolute Gasteiger partial charge is 0.339 e. The van der Waals surface area contributed by atoms with Crippen molar-refractivity contribution in [2.45, 2.75) is 45.2 Å². The number of hydrogen-bond donors (Lipinski definition) is 1. The zero-order valence-electron chi connectivity index (χ0n) is 18.4. The summed E-state index contributed by atoms with van der Waals surface area (Å²) in [7, 11) is -3.63. The number of benzene rings is 3. The first-order valence-corrected chi connectivity index (χ1v) is 12.0. The highest BCUT2D eigenvalue weighted by molar-refractivity contribution is 7.89. The zero-order chi connectivity index (χ0) is 22.2. The van der Waals surface area contributed by atoms with Crippen molar-refractivity contribution in [3.63, 3.8) is 0 Å². The number of rotatable bonds is 6. The van der Waals surface area contributed by atoms with E-state index in [2.05, 4.69) is 39.6 Å². The molecule has 0 amide bonds. The third-order valence-electron chi connectivity index (χ3n) is 5.57. The van der Waals surface area contributed by atoms with Gasteiger partial charge in [-0.25, -0.2) is 13.1 Å². The Morgan fingerprint density at radius 1 is 0.871 bits per heavy atom. The smallest absolute Gasteiger partial charge is 0.241 e. The summed E-state index contributed by atoms with van der Waals surface area (Å²) >= 11 is 0. The maximum Gasteiger partial charge on any atom is 0.241 e. The SMILES string of the molecule is Cc1cc(C)c(S(=O)(=O)NC(C)Cn2c(-c3ccccc3)cc3ccccc32)c(C)c1. The molecule has 1 unspecified atom stereocenters. The molecule has 0 aliphatic heterocycles. The Hall–Kier alpha value is -2.89. The number of aromatic nitrogens is 1. The van der Waals surface area contributed by atoms with Crippen LogP contribution < -0.4 is 4.72 Å². The lowest BCUT2D eigenvalue weighted by Gasteiger charge is -2.20. The summed E-state index contributed by atoms with van der Waals surface area (Å²) in [6.45, 7) is 8.13. The van der Waals surface area contributed by atoms with E-state index in [1.165, 1.54) is 0 Å². The number of sulfonamides is 1. The molecule has 4 nitrogen and oxygen atoms in total. The van der Waals surface area contributed by atoms with Crippen molar-refractivity contribution in [3.05, 3.63) is 89.5 Å². The molecule has 3 aromatic carbocycles. The maximum atomic E-state index is 13.2. The number of nitrogens with one attached hydrogen (secondary N) is 1. The molecule has 4 rings (SSSR count). The van der Waals surface area contributed by atoms with E-state index >= 15 is 0 Å². The number of para-hydroxylation sites is 1. The maximum absolute atomic E-state index is 13.2. The Morgan fingerprint density at radius 2 is 1.48 bits per heavy atom. The molecule has 4 aromatic rings. The topological polar surface area (TPSA) is 51.1 Å². The Morgan fingerprint density at radius 3 is 2.16 bits per heavy atom. The van der Waals surface area contributed by atoms with Gasteiger partial charge in [-0.2, -0.15) is 0 Å². The van der Waals surface area contributed by atoms with Crippen molar-refractivity contribution < 1.29 is 8.42 Å². The van der Waals surface area contributed by atoms with Crippen molar-refractivity contribution in [2.24, 2.45) is 0 Å². The Balaban J connectivity index is 1.69. The van der Waals surface area contributed by atoms with Gasteiger partial charge in [0.1, 0.15) is 0 Å². The normalized spacial score (nSPS) is 12.9. The fourth-order valence-corrected chi connectivity index (χ4v) is 6.17. The fourth-order valence-electron chi connectivity index (χ4n) is 4.48. The lowest BCUT2D eigenvalue weighted by atomic mass is 10.1. The molecule has 1 N–H and O–H groups in total. The quantitative estimate of drug-likeness (QED) is 0.431. The minimum atomic E-state index is -3.63. The molecule has 31 heavy (non-hydrogen) atoms. The molecule has 0 spiro atoms. The van der Waals surface area contributed by atoms with Crippen LogP contribution in [0.5, 0.6) is 0 Å². The fraction of sp³-hybridized carbons (Fsp3) is 0.231. The predicted molar refractivity (Wildman–Crippen MR) is 128 cm³/mol. The van der Waals surface area contributed by atoms with E-state index in [0.717, 1.165) is 38.9 Å². The molecule has 0 radical (unpaired) electrons. The molecule has 1 heterocycles. The van der Waals surface area contributed by atoms with Gasteiger partial charge in [-0.3, -0.25) is 0 Å². The van der Waals surface area contributed by atoms with Crippen molar-refractivity contribution in [3.8, 4) is 11.3 Å². The van der Waals surface area contributed by atoms with Crippen LogP contribution in [-0.2, 0) is 16.6 Å². The minimum absolute atomic E-state index is 0.289. The average molecular weight is 433 g/mol. The molecule has 0 aliphatic carbocycles. The van der Waals surface area contributed by atoms with Crippen molar-refractivity contribution in [1.29, 1.82) is 0 Å². The Labute approximate surface area is 184 Å². The number of aryl methyl sites for hydroxylation is 3. The third kappa shape index (κ3) is 4.29. The van der Waals surface area contributed by atoms with E-state index in [9.17, 15) is 8.42 Å². The Kier molecular flexibility index (Phi) is 5.73. The highest BCUT2D eigenvalue weighted by atomic mass is 32.2. The van der Waals surface area contributed by atoms with Gasteiger partial charge >= 0.3 is 0 Å². The van der Waals surface area contributed by atoms with Crippen LogP contribution in [0, 0.1) is 20.8 Å². The summed E-state index contributed by atoms with van der Waals surface area (Å²) in [5.41, 5.74) is 5.89. The molecular formula is C26H28N2O2S. The standard InChI is InChI=1S/C26H28N2O2S/c1-18-14-19(2)26(20(3)15-18)31(29,30)27-21(4)17-28-24-13-9-8-12-23(24)16-25(28)22-10-6-5-7-11-22/h5-16,21,27H,17H2,1-4H3. The first-order valence-electron chi connectivity index (χ1n) is 10.5. The van der Waals surface area contributed by atoms with Gasteiger partial charge in [0, 0.05) is 29.2 Å².